The molecule has 1 aliphatic heterocycles. The Morgan fingerprint density at radius 1 is 1.14 bits per heavy atom. The van der Waals surface area contributed by atoms with E-state index in [0.29, 0.717) is 30.8 Å². The highest BCUT2D eigenvalue weighted by Crippen LogP contribution is 2.25. The molecule has 0 saturated carbocycles. The Bertz CT molecular complexity index is 964. The van der Waals surface area contributed by atoms with E-state index >= 15 is 0 Å². The maximum absolute atomic E-state index is 13.0. The molecule has 0 aliphatic carbocycles. The first kappa shape index (κ1) is 20.7. The van der Waals surface area contributed by atoms with Gasteiger partial charge in [0.25, 0.3) is 0 Å². The van der Waals surface area contributed by atoms with E-state index in [2.05, 4.69) is 20.4 Å². The summed E-state index contributed by atoms with van der Waals surface area (Å²) >= 11 is 0. The molecule has 1 fully saturated rings. The van der Waals surface area contributed by atoms with Crippen LogP contribution in [-0.4, -0.2) is 44.9 Å². The number of hydrogen-bond acceptors (Lipinski definition) is 5. The van der Waals surface area contributed by atoms with Crippen molar-refractivity contribution >= 4 is 33.4 Å². The monoisotopic (exact) mass is 419 g/mol. The summed E-state index contributed by atoms with van der Waals surface area (Å²) in [6.07, 6.45) is 3.98. The number of nitrogens with zero attached hydrogens (tertiary/aromatic N) is 1. The molecule has 1 unspecified atom stereocenters. The minimum Gasteiger partial charge on any atom is -0.453 e. The highest BCUT2D eigenvalue weighted by Gasteiger charge is 2.33. The van der Waals surface area contributed by atoms with Crippen molar-refractivity contribution in [2.24, 2.45) is 5.92 Å². The summed E-state index contributed by atoms with van der Waals surface area (Å²) in [7, 11) is -2.51. The summed E-state index contributed by atoms with van der Waals surface area (Å²) in [4.78, 5) is 26.8. The van der Waals surface area contributed by atoms with Crippen LogP contribution < -0.4 is 15.6 Å². The molecule has 3 rings (SSSR count). The van der Waals surface area contributed by atoms with Gasteiger partial charge in [-0.2, -0.15) is 4.31 Å². The molecule has 1 aromatic heterocycles. The number of aromatic nitrogens is 1. The Morgan fingerprint density at radius 3 is 2.55 bits per heavy atom. The van der Waals surface area contributed by atoms with E-state index in [1.54, 1.807) is 24.5 Å². The van der Waals surface area contributed by atoms with Gasteiger partial charge in [0.2, 0.25) is 15.9 Å². The van der Waals surface area contributed by atoms with Gasteiger partial charge in [0.05, 0.1) is 17.9 Å². The lowest BCUT2D eigenvalue weighted by Gasteiger charge is -2.31. The number of anilines is 2. The predicted octanol–water partition coefficient (Wildman–Crippen LogP) is 1.72. The number of amides is 2. The number of carbonyl (C=O) groups excluding carboxylic acids is 2. The first-order valence-corrected chi connectivity index (χ1v) is 10.6. The molecule has 9 nitrogen and oxygen atoms in total. The predicted molar refractivity (Wildman–Crippen MR) is 106 cm³/mol. The zero-order valence-electron chi connectivity index (χ0n) is 15.9. The van der Waals surface area contributed by atoms with E-state index in [-0.39, 0.29) is 17.3 Å². The van der Waals surface area contributed by atoms with Gasteiger partial charge in [-0.15, -0.1) is 0 Å². The molecule has 1 aromatic carbocycles. The average molecular weight is 419 g/mol. The Morgan fingerprint density at radius 2 is 1.90 bits per heavy atom. The van der Waals surface area contributed by atoms with Crippen molar-refractivity contribution in [1.29, 1.82) is 0 Å². The third-order valence-corrected chi connectivity index (χ3v) is 6.53. The van der Waals surface area contributed by atoms with Crippen LogP contribution in [0.1, 0.15) is 12.8 Å². The summed E-state index contributed by atoms with van der Waals surface area (Å²) in [5.41, 5.74) is 1.05. The second kappa shape index (κ2) is 9.01. The number of sulfonamides is 1. The molecule has 2 amide bonds. The van der Waals surface area contributed by atoms with Crippen LogP contribution in [0.4, 0.5) is 16.2 Å². The molecule has 2 aromatic rings. The maximum atomic E-state index is 13.0. The number of piperidine rings is 1. The van der Waals surface area contributed by atoms with Crippen molar-refractivity contribution < 1.29 is 27.7 Å². The van der Waals surface area contributed by atoms with Crippen LogP contribution in [0.2, 0.25) is 0 Å². The molecule has 0 radical (unpaired) electrons. The molecule has 0 spiro atoms. The summed E-state index contributed by atoms with van der Waals surface area (Å²) in [6.45, 7) is 0.472. The van der Waals surface area contributed by atoms with Gasteiger partial charge in [-0.3, -0.25) is 10.1 Å². The van der Waals surface area contributed by atoms with E-state index < -0.39 is 22.0 Å². The van der Waals surface area contributed by atoms with Gasteiger partial charge in [-0.05, 0) is 43.2 Å². The molecule has 10 heteroatoms. The molecule has 0 bridgehead atoms. The number of aromatic amines is 1. The van der Waals surface area contributed by atoms with Gasteiger partial charge in [-0.1, -0.05) is 0 Å². The molecule has 2 heterocycles. The molecule has 1 saturated heterocycles. The fourth-order valence-electron chi connectivity index (χ4n) is 3.12. The van der Waals surface area contributed by atoms with E-state index in [1.165, 1.54) is 35.7 Å². The average Bonchev–Trinajstić information content (AvgIpc) is 2.75. The van der Waals surface area contributed by atoms with Crippen molar-refractivity contribution in [3.63, 3.8) is 0 Å². The van der Waals surface area contributed by atoms with E-state index in [9.17, 15) is 18.0 Å². The third-order valence-electron chi connectivity index (χ3n) is 4.65. The van der Waals surface area contributed by atoms with Crippen molar-refractivity contribution in [2.45, 2.75) is 17.7 Å². The zero-order valence-corrected chi connectivity index (χ0v) is 16.7. The van der Waals surface area contributed by atoms with E-state index in [1.807, 2.05) is 0 Å². The number of hydrogen-bond donors (Lipinski definition) is 2. The fraction of sp³-hybridized carbons (Fsp3) is 0.316. The molecule has 1 atom stereocenters. The summed E-state index contributed by atoms with van der Waals surface area (Å²) in [5, 5.41) is 5.28. The number of rotatable bonds is 5. The lowest BCUT2D eigenvalue weighted by molar-refractivity contribution is -0.377. The minimum atomic E-state index is -3.75. The van der Waals surface area contributed by atoms with Crippen LogP contribution in [0.5, 0.6) is 0 Å². The smallest absolute Gasteiger partial charge is 0.411 e. The molecular formula is C19H23N4O5S+. The maximum Gasteiger partial charge on any atom is 0.411 e. The Kier molecular flexibility index (Phi) is 6.45. The molecule has 154 valence electrons. The normalized spacial score (nSPS) is 17.3. The molecule has 1 aliphatic rings. The topological polar surface area (TPSA) is 119 Å². The zero-order chi connectivity index (χ0) is 20.9. The first-order valence-electron chi connectivity index (χ1n) is 9.12. The fourth-order valence-corrected chi connectivity index (χ4v) is 4.64. The number of H-pyrrole nitrogens is 1. The van der Waals surface area contributed by atoms with Crippen LogP contribution in [-0.2, 0) is 19.6 Å². The van der Waals surface area contributed by atoms with Crippen LogP contribution in [0.3, 0.4) is 0 Å². The van der Waals surface area contributed by atoms with Gasteiger partial charge in [0.1, 0.15) is 5.69 Å². The van der Waals surface area contributed by atoms with Gasteiger partial charge < -0.3 is 10.1 Å². The minimum absolute atomic E-state index is 0.103. The highest BCUT2D eigenvalue weighted by molar-refractivity contribution is 7.89. The quantitative estimate of drug-likeness (QED) is 0.765. The van der Waals surface area contributed by atoms with Gasteiger partial charge in [0, 0.05) is 24.8 Å². The number of carbonyl (C=O) groups is 2. The van der Waals surface area contributed by atoms with Crippen LogP contribution >= 0.6 is 0 Å². The third kappa shape index (κ3) is 5.09. The van der Waals surface area contributed by atoms with E-state index in [4.69, 9.17) is 0 Å². The summed E-state index contributed by atoms with van der Waals surface area (Å²) < 4.78 is 31.8. The Balaban J connectivity index is 1.68. The lowest BCUT2D eigenvalue weighted by Crippen LogP contribution is -2.43. The largest absolute Gasteiger partial charge is 0.453 e. The molecular weight excluding hydrogens is 396 g/mol. The molecule has 3 N–H and O–H groups in total. The number of pyridine rings is 1. The Hall–Kier alpha value is -2.98. The highest BCUT2D eigenvalue weighted by atomic mass is 32.2. The van der Waals surface area contributed by atoms with Crippen molar-refractivity contribution in [3.8, 4) is 0 Å². The van der Waals surface area contributed by atoms with Gasteiger partial charge >= 0.3 is 6.09 Å². The van der Waals surface area contributed by atoms with Crippen molar-refractivity contribution in [1.82, 2.24) is 4.31 Å². The second-order valence-corrected chi connectivity index (χ2v) is 8.56. The summed E-state index contributed by atoms with van der Waals surface area (Å²) in [6, 6.07) is 9.35. The van der Waals surface area contributed by atoms with Crippen LogP contribution in [0.15, 0.2) is 53.7 Å². The number of methoxy groups -OCH3 is 1. The number of benzene rings is 1. The first-order chi connectivity index (χ1) is 13.9. The number of nitrogens with one attached hydrogen (secondary N) is 3. The van der Waals surface area contributed by atoms with E-state index in [0.717, 1.165) is 0 Å². The van der Waals surface area contributed by atoms with Crippen LogP contribution in [0, 0.1) is 5.92 Å². The van der Waals surface area contributed by atoms with Crippen molar-refractivity contribution in [2.75, 3.05) is 30.8 Å². The second-order valence-electron chi connectivity index (χ2n) is 6.62. The molecule has 29 heavy (non-hydrogen) atoms. The number of ether oxygens (including phenoxy) is 1. The summed E-state index contributed by atoms with van der Waals surface area (Å²) in [5.74, 6) is -0.638. The van der Waals surface area contributed by atoms with Gasteiger partial charge in [0.15, 0.2) is 12.4 Å². The SMILES string of the molecule is COC(=O)Nc1ccc(S(=O)(=O)N2CCCC(C(=O)Nc3ccc[nH+]c3)C2)cc1. The standard InChI is InChI=1S/C19H22N4O5S/c1-28-19(25)22-15-6-8-17(9-7-15)29(26,27)23-11-3-4-14(13-23)18(24)21-16-5-2-10-20-12-16/h2,5-10,12,14H,3-4,11,13H2,1H3,(H,21,24)(H,22,25)/p+1. The van der Waals surface area contributed by atoms with Gasteiger partial charge in [-0.25, -0.2) is 18.2 Å². The van der Waals surface area contributed by atoms with Crippen molar-refractivity contribution in [3.05, 3.63) is 48.8 Å². The van der Waals surface area contributed by atoms with Crippen LogP contribution in [0.25, 0.3) is 0 Å². The Labute approximate surface area is 169 Å². The lowest BCUT2D eigenvalue weighted by atomic mass is 9.99.